The summed E-state index contributed by atoms with van der Waals surface area (Å²) in [4.78, 5) is 12.6. The van der Waals surface area contributed by atoms with Crippen LogP contribution in [0.1, 0.15) is 21.5 Å². The van der Waals surface area contributed by atoms with Gasteiger partial charge in [-0.25, -0.2) is 8.78 Å². The number of halogens is 4. The van der Waals surface area contributed by atoms with Gasteiger partial charge in [0.25, 0.3) is 5.91 Å². The summed E-state index contributed by atoms with van der Waals surface area (Å²) in [5, 5.41) is 9.34. The number of fused-ring (bicyclic) bond motifs is 1. The smallest absolute Gasteiger partial charge is 0.330 e. The number of hydrogen-bond donors (Lipinski definition) is 1. The molecular formula is C25H21F4N3O2. The second kappa shape index (κ2) is 10.0. The Balaban J connectivity index is 1.38. The van der Waals surface area contributed by atoms with Crippen LogP contribution in [0.3, 0.4) is 0 Å². The predicted molar refractivity (Wildman–Crippen MR) is 120 cm³/mol. The Morgan fingerprint density at radius 3 is 2.62 bits per heavy atom. The van der Waals surface area contributed by atoms with Crippen LogP contribution in [0.2, 0.25) is 0 Å². The Bertz CT molecular complexity index is 1280. The van der Waals surface area contributed by atoms with Crippen molar-refractivity contribution < 1.29 is 27.1 Å². The van der Waals surface area contributed by atoms with Gasteiger partial charge < -0.3 is 10.1 Å². The molecule has 0 aliphatic carbocycles. The number of hydrogen-bond acceptors (Lipinski definition) is 3. The summed E-state index contributed by atoms with van der Waals surface area (Å²) in [6, 6.07) is 21.8. The summed E-state index contributed by atoms with van der Waals surface area (Å²) in [7, 11) is 0. The molecule has 0 saturated heterocycles. The standard InChI is InChI=1S/C25H21F4N3O2/c26-24(27)25(28,29)16-34-15-17-5-3-8-19(13-17)23(33)30-22-11-12-32(31-22)14-20-9-4-7-18-6-1-2-10-21(18)20/h1-13,24H,14-16H2,(H,30,31,33). The van der Waals surface area contributed by atoms with E-state index < -0.39 is 24.9 Å². The van der Waals surface area contributed by atoms with Gasteiger partial charge >= 0.3 is 12.3 Å². The summed E-state index contributed by atoms with van der Waals surface area (Å²) in [5.74, 6) is -4.32. The fraction of sp³-hybridized carbons (Fsp3) is 0.200. The summed E-state index contributed by atoms with van der Waals surface area (Å²) in [5.41, 5.74) is 1.74. The Labute approximate surface area is 193 Å². The van der Waals surface area contributed by atoms with E-state index in [-0.39, 0.29) is 12.2 Å². The van der Waals surface area contributed by atoms with Gasteiger partial charge in [0.05, 0.1) is 13.2 Å². The topological polar surface area (TPSA) is 56.2 Å². The van der Waals surface area contributed by atoms with E-state index in [0.29, 0.717) is 17.9 Å². The molecule has 0 radical (unpaired) electrons. The van der Waals surface area contributed by atoms with E-state index in [0.717, 1.165) is 16.3 Å². The van der Waals surface area contributed by atoms with Crippen molar-refractivity contribution in [2.24, 2.45) is 0 Å². The first kappa shape index (κ1) is 23.4. The van der Waals surface area contributed by atoms with Crippen molar-refractivity contribution in [2.75, 3.05) is 11.9 Å². The van der Waals surface area contributed by atoms with Crippen molar-refractivity contribution in [1.29, 1.82) is 0 Å². The lowest BCUT2D eigenvalue weighted by Crippen LogP contribution is -2.32. The van der Waals surface area contributed by atoms with Crippen LogP contribution in [-0.4, -0.2) is 34.6 Å². The number of carbonyl (C=O) groups excluding carboxylic acids is 1. The molecule has 1 aromatic heterocycles. The van der Waals surface area contributed by atoms with E-state index in [9.17, 15) is 22.4 Å². The van der Waals surface area contributed by atoms with Crippen LogP contribution >= 0.6 is 0 Å². The number of aromatic nitrogens is 2. The highest BCUT2D eigenvalue weighted by Crippen LogP contribution is 2.23. The first-order valence-electron chi connectivity index (χ1n) is 10.5. The maximum absolute atomic E-state index is 13.0. The van der Waals surface area contributed by atoms with Gasteiger partial charge in [0.2, 0.25) is 0 Å². The minimum Gasteiger partial charge on any atom is -0.370 e. The zero-order valence-electron chi connectivity index (χ0n) is 17.9. The van der Waals surface area contributed by atoms with E-state index in [4.69, 9.17) is 4.74 Å². The zero-order chi connectivity index (χ0) is 24.1. The van der Waals surface area contributed by atoms with E-state index in [1.165, 1.54) is 6.07 Å². The van der Waals surface area contributed by atoms with E-state index >= 15 is 0 Å². The third kappa shape index (κ3) is 5.60. The Morgan fingerprint density at radius 2 is 1.79 bits per heavy atom. The van der Waals surface area contributed by atoms with Crippen molar-refractivity contribution in [3.8, 4) is 0 Å². The molecule has 3 aromatic carbocycles. The largest absolute Gasteiger partial charge is 0.370 e. The summed E-state index contributed by atoms with van der Waals surface area (Å²) in [6.45, 7) is -1.22. The molecule has 0 atom stereocenters. The Kier molecular flexibility index (Phi) is 6.93. The number of carbonyl (C=O) groups is 1. The molecule has 34 heavy (non-hydrogen) atoms. The molecule has 1 heterocycles. The van der Waals surface area contributed by atoms with Crippen molar-refractivity contribution >= 4 is 22.5 Å². The molecule has 4 rings (SSSR count). The molecule has 1 N–H and O–H groups in total. The van der Waals surface area contributed by atoms with Gasteiger partial charge in [-0.3, -0.25) is 9.48 Å². The van der Waals surface area contributed by atoms with E-state index in [2.05, 4.69) is 10.4 Å². The fourth-order valence-corrected chi connectivity index (χ4v) is 3.48. The average molecular weight is 471 g/mol. The van der Waals surface area contributed by atoms with Gasteiger partial charge in [-0.05, 0) is 34.0 Å². The quantitative estimate of drug-likeness (QED) is 0.316. The second-order valence-corrected chi connectivity index (χ2v) is 7.75. The maximum Gasteiger partial charge on any atom is 0.330 e. The van der Waals surface area contributed by atoms with Gasteiger partial charge in [-0.1, -0.05) is 54.6 Å². The van der Waals surface area contributed by atoms with Gasteiger partial charge in [-0.2, -0.15) is 13.9 Å². The molecule has 4 aromatic rings. The molecule has 0 unspecified atom stereocenters. The maximum atomic E-state index is 13.0. The van der Waals surface area contributed by atoms with Gasteiger partial charge in [0.15, 0.2) is 5.82 Å². The van der Waals surface area contributed by atoms with Crippen LogP contribution in [-0.2, 0) is 17.9 Å². The molecule has 1 amide bonds. The number of rotatable bonds is 9. The average Bonchev–Trinajstić information content (AvgIpc) is 3.26. The summed E-state index contributed by atoms with van der Waals surface area (Å²) >= 11 is 0. The molecule has 5 nitrogen and oxygen atoms in total. The number of benzene rings is 3. The number of amides is 1. The molecule has 0 spiro atoms. The number of anilines is 1. The van der Waals surface area contributed by atoms with Crippen LogP contribution in [0.5, 0.6) is 0 Å². The van der Waals surface area contributed by atoms with E-state index in [1.807, 2.05) is 42.5 Å². The first-order valence-corrected chi connectivity index (χ1v) is 10.5. The first-order chi connectivity index (χ1) is 16.3. The predicted octanol–water partition coefficient (Wildman–Crippen LogP) is 5.75. The number of alkyl halides is 4. The summed E-state index contributed by atoms with van der Waals surface area (Å²) in [6.07, 6.45) is -2.05. The molecular weight excluding hydrogens is 450 g/mol. The van der Waals surface area contributed by atoms with Crippen LogP contribution in [0.25, 0.3) is 10.8 Å². The number of nitrogens with zero attached hydrogens (tertiary/aromatic N) is 2. The van der Waals surface area contributed by atoms with Crippen LogP contribution in [0, 0.1) is 0 Å². The van der Waals surface area contributed by atoms with Crippen LogP contribution < -0.4 is 5.32 Å². The highest BCUT2D eigenvalue weighted by atomic mass is 19.3. The van der Waals surface area contributed by atoms with Crippen LogP contribution in [0.15, 0.2) is 79.0 Å². The monoisotopic (exact) mass is 471 g/mol. The molecule has 0 aliphatic rings. The Morgan fingerprint density at radius 1 is 1.03 bits per heavy atom. The van der Waals surface area contributed by atoms with Crippen LogP contribution in [0.4, 0.5) is 23.4 Å². The molecule has 0 fully saturated rings. The Hall–Kier alpha value is -3.72. The van der Waals surface area contributed by atoms with E-state index in [1.54, 1.807) is 35.1 Å². The molecule has 9 heteroatoms. The van der Waals surface area contributed by atoms with Gasteiger partial charge in [0.1, 0.15) is 6.61 Å². The molecule has 0 bridgehead atoms. The molecule has 176 valence electrons. The fourth-order valence-electron chi connectivity index (χ4n) is 3.48. The van der Waals surface area contributed by atoms with Crippen molar-refractivity contribution in [1.82, 2.24) is 9.78 Å². The third-order valence-corrected chi connectivity index (χ3v) is 5.17. The number of ether oxygens (including phenoxy) is 1. The number of nitrogens with one attached hydrogen (secondary N) is 1. The second-order valence-electron chi connectivity index (χ2n) is 7.75. The lowest BCUT2D eigenvalue weighted by Gasteiger charge is -2.15. The lowest BCUT2D eigenvalue weighted by atomic mass is 10.0. The SMILES string of the molecule is O=C(Nc1ccn(Cc2cccc3ccccc23)n1)c1cccc(COCC(F)(F)C(F)F)c1. The van der Waals surface area contributed by atoms with Gasteiger partial charge in [0, 0.05) is 17.8 Å². The highest BCUT2D eigenvalue weighted by molar-refractivity contribution is 6.03. The normalized spacial score (nSPS) is 11.8. The zero-order valence-corrected chi connectivity index (χ0v) is 17.9. The highest BCUT2D eigenvalue weighted by Gasteiger charge is 2.40. The lowest BCUT2D eigenvalue weighted by molar-refractivity contribution is -0.168. The minimum atomic E-state index is -4.22. The molecule has 0 saturated carbocycles. The third-order valence-electron chi connectivity index (χ3n) is 5.17. The minimum absolute atomic E-state index is 0.255. The molecule has 0 aliphatic heterocycles. The van der Waals surface area contributed by atoms with Crippen molar-refractivity contribution in [3.05, 3.63) is 95.7 Å². The summed E-state index contributed by atoms with van der Waals surface area (Å²) < 4.78 is 56.8. The van der Waals surface area contributed by atoms with Crippen molar-refractivity contribution in [2.45, 2.75) is 25.5 Å². The van der Waals surface area contributed by atoms with Crippen molar-refractivity contribution in [3.63, 3.8) is 0 Å². The van der Waals surface area contributed by atoms with Gasteiger partial charge in [-0.15, -0.1) is 0 Å².